The Bertz CT molecular complexity index is 1030. The van der Waals surface area contributed by atoms with Crippen molar-refractivity contribution in [3.8, 4) is 5.75 Å². The third-order valence-corrected chi connectivity index (χ3v) is 8.11. The van der Waals surface area contributed by atoms with Gasteiger partial charge in [0.15, 0.2) is 0 Å². The van der Waals surface area contributed by atoms with E-state index in [1.807, 2.05) is 39.8 Å². The van der Waals surface area contributed by atoms with Crippen molar-refractivity contribution < 1.29 is 23.8 Å². The third kappa shape index (κ3) is 11.7. The highest BCUT2D eigenvalue weighted by Gasteiger charge is 2.40. The lowest BCUT2D eigenvalue weighted by Crippen LogP contribution is -2.33. The molecule has 0 saturated carbocycles. The Balaban J connectivity index is 2.22. The van der Waals surface area contributed by atoms with Crippen molar-refractivity contribution in [1.82, 2.24) is 5.32 Å². The summed E-state index contributed by atoms with van der Waals surface area (Å²) in [5, 5.41) is 3.25. The van der Waals surface area contributed by atoms with Crippen LogP contribution in [0.2, 0.25) is 0 Å². The highest BCUT2D eigenvalue weighted by molar-refractivity contribution is 6.00. The molecule has 0 radical (unpaired) electrons. The number of rotatable bonds is 21. The third-order valence-electron chi connectivity index (χ3n) is 8.11. The predicted octanol–water partition coefficient (Wildman–Crippen LogP) is 9.47. The molecule has 0 unspecified atom stereocenters. The molecule has 43 heavy (non-hydrogen) atoms. The molecule has 0 amide bonds. The quantitative estimate of drug-likeness (QED) is 0.112. The maximum atomic E-state index is 13.4. The lowest BCUT2D eigenvalue weighted by atomic mass is 9.77. The molecule has 1 heterocycles. The maximum absolute atomic E-state index is 13.4. The first kappa shape index (κ1) is 36.4. The van der Waals surface area contributed by atoms with Crippen LogP contribution in [0.15, 0.2) is 40.7 Å². The van der Waals surface area contributed by atoms with Crippen LogP contribution in [0.5, 0.6) is 5.75 Å². The molecule has 6 heteroatoms. The van der Waals surface area contributed by atoms with E-state index in [0.717, 1.165) is 30.4 Å². The minimum absolute atomic E-state index is 0.0701. The Morgan fingerprint density at radius 2 is 1.19 bits per heavy atom. The minimum Gasteiger partial charge on any atom is -0.491 e. The Hall–Kier alpha value is -2.76. The van der Waals surface area contributed by atoms with Crippen molar-refractivity contribution in [3.63, 3.8) is 0 Å². The summed E-state index contributed by atoms with van der Waals surface area (Å²) < 4.78 is 17.4. The Kier molecular flexibility index (Phi) is 17.2. The van der Waals surface area contributed by atoms with Gasteiger partial charge in [0, 0.05) is 17.0 Å². The van der Waals surface area contributed by atoms with Gasteiger partial charge >= 0.3 is 11.9 Å². The van der Waals surface area contributed by atoms with Crippen molar-refractivity contribution in [2.24, 2.45) is 0 Å². The largest absolute Gasteiger partial charge is 0.491 e. The molecule has 1 aliphatic heterocycles. The van der Waals surface area contributed by atoms with Crippen molar-refractivity contribution in [3.05, 3.63) is 51.9 Å². The topological polar surface area (TPSA) is 73.9 Å². The number of dihydropyridines is 1. The fourth-order valence-electron chi connectivity index (χ4n) is 6.07. The molecule has 0 bridgehead atoms. The van der Waals surface area contributed by atoms with Gasteiger partial charge in [0.25, 0.3) is 0 Å². The highest BCUT2D eigenvalue weighted by Crippen LogP contribution is 2.45. The molecular weight excluding hydrogens is 538 g/mol. The summed E-state index contributed by atoms with van der Waals surface area (Å²) in [5.41, 5.74) is 4.18. The fourth-order valence-corrected chi connectivity index (χ4v) is 6.07. The molecule has 0 aliphatic carbocycles. The summed E-state index contributed by atoms with van der Waals surface area (Å²) in [6.07, 6.45) is 17.7. The smallest absolute Gasteiger partial charge is 0.336 e. The molecule has 242 valence electrons. The number of benzene rings is 1. The second kappa shape index (κ2) is 20.2. The van der Waals surface area contributed by atoms with Gasteiger partial charge in [-0.3, -0.25) is 0 Å². The Morgan fingerprint density at radius 3 is 1.63 bits per heavy atom. The van der Waals surface area contributed by atoms with Crippen LogP contribution in [0.25, 0.3) is 0 Å². The number of ether oxygens (including phenoxy) is 3. The zero-order valence-electron chi connectivity index (χ0n) is 28.2. The van der Waals surface area contributed by atoms with E-state index < -0.39 is 17.9 Å². The van der Waals surface area contributed by atoms with Gasteiger partial charge in [0.1, 0.15) is 5.75 Å². The van der Waals surface area contributed by atoms with Gasteiger partial charge in [0.2, 0.25) is 0 Å². The standard InChI is InChI=1S/C37H59NO5/c1-8-11-12-13-14-15-16-17-18-19-20-21-22-24-30-25-23-26-31(43-27(4)5)34(30)35-32(36(39)41-9-2)28(6)38-29(7)33(35)37(40)42-10-3/h23,25-27,35,38H,8-22,24H2,1-7H3. The van der Waals surface area contributed by atoms with Gasteiger partial charge in [-0.25, -0.2) is 9.59 Å². The summed E-state index contributed by atoms with van der Waals surface area (Å²) in [6.45, 7) is 14.1. The van der Waals surface area contributed by atoms with E-state index in [0.29, 0.717) is 28.3 Å². The van der Waals surface area contributed by atoms with Crippen LogP contribution in [0.3, 0.4) is 0 Å². The second-order valence-electron chi connectivity index (χ2n) is 12.1. The van der Waals surface area contributed by atoms with E-state index in [2.05, 4.69) is 18.3 Å². The first-order valence-electron chi connectivity index (χ1n) is 17.1. The van der Waals surface area contributed by atoms with Crippen LogP contribution in [0.4, 0.5) is 0 Å². The first-order valence-corrected chi connectivity index (χ1v) is 17.1. The lowest BCUT2D eigenvalue weighted by molar-refractivity contribution is -0.139. The predicted molar refractivity (Wildman–Crippen MR) is 176 cm³/mol. The van der Waals surface area contributed by atoms with Crippen molar-refractivity contribution in [1.29, 1.82) is 0 Å². The van der Waals surface area contributed by atoms with Gasteiger partial charge in [-0.2, -0.15) is 0 Å². The molecule has 0 fully saturated rings. The van der Waals surface area contributed by atoms with Crippen LogP contribution >= 0.6 is 0 Å². The number of unbranched alkanes of at least 4 members (excludes halogenated alkanes) is 12. The van der Waals surface area contributed by atoms with Gasteiger partial charge in [-0.1, -0.05) is 96.1 Å². The van der Waals surface area contributed by atoms with E-state index in [1.54, 1.807) is 13.8 Å². The van der Waals surface area contributed by atoms with E-state index in [1.165, 1.54) is 70.6 Å². The second-order valence-corrected chi connectivity index (χ2v) is 12.1. The summed E-state index contributed by atoms with van der Waals surface area (Å²) >= 11 is 0. The van der Waals surface area contributed by atoms with Gasteiger partial charge < -0.3 is 19.5 Å². The summed E-state index contributed by atoms with van der Waals surface area (Å²) in [7, 11) is 0. The Morgan fingerprint density at radius 1 is 0.721 bits per heavy atom. The molecule has 0 spiro atoms. The number of nitrogens with one attached hydrogen (secondary N) is 1. The number of carbonyl (C=O) groups is 2. The molecular formula is C37H59NO5. The molecule has 6 nitrogen and oxygen atoms in total. The van der Waals surface area contributed by atoms with Gasteiger partial charge in [0.05, 0.1) is 36.4 Å². The molecule has 1 aromatic rings. The van der Waals surface area contributed by atoms with Gasteiger partial charge in [-0.05, 0) is 66.0 Å². The molecule has 1 N–H and O–H groups in total. The zero-order valence-corrected chi connectivity index (χ0v) is 28.2. The number of hydrogen-bond acceptors (Lipinski definition) is 6. The number of aryl methyl sites for hydroxylation is 1. The minimum atomic E-state index is -0.647. The number of allylic oxidation sites excluding steroid dienone is 2. The summed E-state index contributed by atoms with van der Waals surface area (Å²) in [5.74, 6) is -0.819. The molecule has 1 aromatic carbocycles. The lowest BCUT2D eigenvalue weighted by Gasteiger charge is -2.33. The van der Waals surface area contributed by atoms with Gasteiger partial charge in [-0.15, -0.1) is 0 Å². The maximum Gasteiger partial charge on any atom is 0.336 e. The molecule has 0 atom stereocenters. The normalized spacial score (nSPS) is 13.9. The summed E-state index contributed by atoms with van der Waals surface area (Å²) in [4.78, 5) is 26.8. The fraction of sp³-hybridized carbons (Fsp3) is 0.676. The van der Waals surface area contributed by atoms with Crippen molar-refractivity contribution in [2.45, 2.75) is 150 Å². The Labute approximate surface area is 262 Å². The van der Waals surface area contributed by atoms with Crippen LogP contribution in [0, 0.1) is 0 Å². The number of hydrogen-bond donors (Lipinski definition) is 1. The van der Waals surface area contributed by atoms with Crippen LogP contribution in [-0.2, 0) is 25.5 Å². The van der Waals surface area contributed by atoms with Crippen LogP contribution < -0.4 is 10.1 Å². The molecule has 0 saturated heterocycles. The van der Waals surface area contributed by atoms with E-state index in [9.17, 15) is 9.59 Å². The number of carbonyl (C=O) groups excluding carboxylic acids is 2. The number of esters is 2. The average molecular weight is 598 g/mol. The first-order chi connectivity index (χ1) is 20.8. The molecule has 0 aromatic heterocycles. The van der Waals surface area contributed by atoms with Crippen LogP contribution in [0.1, 0.15) is 149 Å². The summed E-state index contributed by atoms with van der Waals surface area (Å²) in [6, 6.07) is 6.07. The monoisotopic (exact) mass is 597 g/mol. The SMILES string of the molecule is CCCCCCCCCCCCCCCc1cccc(OC(C)C)c1C1C(C(=O)OCC)=C(C)NC(C)=C1C(=O)OCC. The molecule has 1 aliphatic rings. The molecule has 2 rings (SSSR count). The van der Waals surface area contributed by atoms with E-state index in [4.69, 9.17) is 14.2 Å². The van der Waals surface area contributed by atoms with Crippen molar-refractivity contribution >= 4 is 11.9 Å². The van der Waals surface area contributed by atoms with Crippen molar-refractivity contribution in [2.75, 3.05) is 13.2 Å². The van der Waals surface area contributed by atoms with E-state index >= 15 is 0 Å². The zero-order chi connectivity index (χ0) is 31.6. The van der Waals surface area contributed by atoms with Crippen LogP contribution in [-0.4, -0.2) is 31.3 Å². The highest BCUT2D eigenvalue weighted by atomic mass is 16.5. The average Bonchev–Trinajstić information content (AvgIpc) is 2.95. The van der Waals surface area contributed by atoms with E-state index in [-0.39, 0.29) is 19.3 Å².